The number of hydrogen-bond acceptors (Lipinski definition) is 11. The minimum atomic E-state index is -0.828. The van der Waals surface area contributed by atoms with Gasteiger partial charge in [-0.2, -0.15) is 0 Å². The molecule has 2 aromatic carbocycles. The molecule has 0 spiro atoms. The van der Waals surface area contributed by atoms with Gasteiger partial charge in [-0.05, 0) is 28.3 Å². The lowest BCUT2D eigenvalue weighted by molar-refractivity contribution is -0.492. The maximum absolute atomic E-state index is 12.3. The molecule has 0 aliphatic rings. The summed E-state index contributed by atoms with van der Waals surface area (Å²) in [6, 6.07) is 15.5. The maximum atomic E-state index is 12.3. The van der Waals surface area contributed by atoms with Gasteiger partial charge in [0.25, 0.3) is 0 Å². The molecule has 2 aromatic heterocycles. The molecule has 4 aromatic rings. The number of carbonyl (C=O) groups is 1. The zero-order valence-electron chi connectivity index (χ0n) is 21.9. The molecule has 4 rings (SSSR count). The molecule has 0 atom stereocenters. The van der Waals surface area contributed by atoms with Crippen molar-refractivity contribution in [3.8, 4) is 22.5 Å². The quantitative estimate of drug-likeness (QED) is 0.156. The Hall–Kier alpha value is -3.72. The Morgan fingerprint density at radius 1 is 1.05 bits per heavy atom. The summed E-state index contributed by atoms with van der Waals surface area (Å²) in [6.07, 6.45) is 2.18. The number of carbonyl (C=O) groups excluding carboxylic acids is 1. The lowest BCUT2D eigenvalue weighted by Crippen LogP contribution is -2.19. The van der Waals surface area contributed by atoms with E-state index in [4.69, 9.17) is 26.8 Å². The molecular formula is C26H30ClN7O6. The Balaban J connectivity index is 1.48. The van der Waals surface area contributed by atoms with Gasteiger partial charge in [0.1, 0.15) is 5.82 Å². The van der Waals surface area contributed by atoms with Crippen LogP contribution in [0, 0.1) is 0 Å². The van der Waals surface area contributed by atoms with Crippen LogP contribution in [0.2, 0.25) is 5.15 Å². The van der Waals surface area contributed by atoms with E-state index in [1.165, 1.54) is 0 Å². The van der Waals surface area contributed by atoms with Crippen molar-refractivity contribution in [3.63, 3.8) is 0 Å². The molecule has 0 aliphatic heterocycles. The van der Waals surface area contributed by atoms with Crippen LogP contribution < -0.4 is 0 Å². The number of tetrazole rings is 1. The van der Waals surface area contributed by atoms with Crippen molar-refractivity contribution in [2.24, 2.45) is 0 Å². The molecular weight excluding hydrogens is 542 g/mol. The van der Waals surface area contributed by atoms with E-state index in [1.54, 1.807) is 0 Å². The number of aryl methyl sites for hydroxylation is 1. The van der Waals surface area contributed by atoms with Gasteiger partial charge in [0, 0.05) is 24.9 Å². The molecule has 0 saturated heterocycles. The Labute approximate surface area is 235 Å². The largest absolute Gasteiger partial charge is 0.453 e. The minimum absolute atomic E-state index is 0.0440. The monoisotopic (exact) mass is 571 g/mol. The number of benzene rings is 2. The minimum Gasteiger partial charge on any atom is -0.447 e. The third-order valence-corrected chi connectivity index (χ3v) is 6.38. The van der Waals surface area contributed by atoms with Gasteiger partial charge < -0.3 is 14.4 Å². The highest BCUT2D eigenvalue weighted by Gasteiger charge is 2.18. The summed E-state index contributed by atoms with van der Waals surface area (Å²) in [5.74, 6) is 1.10. The summed E-state index contributed by atoms with van der Waals surface area (Å²) >= 11 is 6.28. The van der Waals surface area contributed by atoms with Crippen LogP contribution in [0.5, 0.6) is 0 Å². The molecule has 0 fully saturated rings. The first-order valence-electron chi connectivity index (χ1n) is 12.7. The lowest BCUT2D eigenvalue weighted by atomic mass is 9.98. The van der Waals surface area contributed by atoms with Gasteiger partial charge in [0.2, 0.25) is 5.82 Å². The first-order valence-corrected chi connectivity index (χ1v) is 13.1. The number of aromatic nitrogens is 6. The van der Waals surface area contributed by atoms with Crippen LogP contribution in [0.1, 0.15) is 43.3 Å². The Bertz CT molecular complexity index is 1410. The van der Waals surface area contributed by atoms with Crippen LogP contribution in [0.15, 0.2) is 48.5 Å². The van der Waals surface area contributed by atoms with Gasteiger partial charge in [-0.1, -0.05) is 78.3 Å². The fraction of sp³-hybridized carbons (Fsp3) is 0.346. The molecule has 40 heavy (non-hydrogen) atoms. The van der Waals surface area contributed by atoms with E-state index in [0.29, 0.717) is 23.0 Å². The van der Waals surface area contributed by atoms with E-state index in [-0.39, 0.29) is 32.1 Å². The number of imidazole rings is 1. The zero-order chi connectivity index (χ0) is 28.5. The highest BCUT2D eigenvalue weighted by atomic mass is 35.5. The summed E-state index contributed by atoms with van der Waals surface area (Å²) in [4.78, 5) is 21.9. The smallest absolute Gasteiger partial charge is 0.447 e. The summed E-state index contributed by atoms with van der Waals surface area (Å²) in [5, 5.41) is 38.8. The molecule has 0 aliphatic carbocycles. The van der Waals surface area contributed by atoms with Gasteiger partial charge >= 0.3 is 6.09 Å². The topological polar surface area (TPSA) is 161 Å². The first-order chi connectivity index (χ1) is 19.4. The standard InChI is InChI=1S/C26H30ClN7O6/c1-2-3-9-23-28-24(27)22(17-35)32(23)16-18-10-12-19(13-11-18)20-7-4-5-8-21(20)25-29-31-33(30-25)26(36)39-14-6-15-40-34(37)38/h4-5,7-8,10-13,35,37-38H,2-3,6,9,14-17H2,1H3. The van der Waals surface area contributed by atoms with Crippen molar-refractivity contribution in [1.82, 2.24) is 35.1 Å². The van der Waals surface area contributed by atoms with Crippen LogP contribution >= 0.6 is 11.6 Å². The number of aliphatic hydroxyl groups is 1. The van der Waals surface area contributed by atoms with Crippen molar-refractivity contribution in [2.45, 2.75) is 45.8 Å². The third-order valence-electron chi connectivity index (χ3n) is 6.08. The molecule has 0 unspecified atom stereocenters. The Morgan fingerprint density at radius 3 is 2.50 bits per heavy atom. The van der Waals surface area contributed by atoms with Crippen LogP contribution in [-0.2, 0) is 29.1 Å². The van der Waals surface area contributed by atoms with E-state index in [1.807, 2.05) is 53.1 Å². The van der Waals surface area contributed by atoms with Crippen molar-refractivity contribution >= 4 is 17.7 Å². The molecule has 0 saturated carbocycles. The number of hydrogen-bond donors (Lipinski definition) is 3. The van der Waals surface area contributed by atoms with Gasteiger partial charge in [-0.3, -0.25) is 15.3 Å². The van der Waals surface area contributed by atoms with E-state index < -0.39 is 11.5 Å². The van der Waals surface area contributed by atoms with Gasteiger partial charge in [0.15, 0.2) is 5.15 Å². The number of aliphatic hydroxyl groups excluding tert-OH is 1. The SMILES string of the molecule is CCCCc1nc(Cl)c(CO)n1Cc1ccc(-c2ccccc2-c2nnn(C(=O)OCCCON(O)O)n2)cc1. The number of halogens is 1. The van der Waals surface area contributed by atoms with E-state index in [2.05, 4.69) is 32.2 Å². The number of unbranched alkanes of at least 4 members (excludes halogenated alkanes) is 1. The molecule has 3 N–H and O–H groups in total. The van der Waals surface area contributed by atoms with Crippen LogP contribution in [0.4, 0.5) is 4.79 Å². The molecule has 0 bridgehead atoms. The summed E-state index contributed by atoms with van der Waals surface area (Å²) in [6.45, 7) is 2.34. The van der Waals surface area contributed by atoms with Crippen molar-refractivity contribution in [3.05, 3.63) is 70.8 Å². The Morgan fingerprint density at radius 2 is 1.80 bits per heavy atom. The fourth-order valence-corrected chi connectivity index (χ4v) is 4.35. The summed E-state index contributed by atoms with van der Waals surface area (Å²) in [5.41, 5.74) is 4.06. The lowest BCUT2D eigenvalue weighted by Gasteiger charge is -2.12. The van der Waals surface area contributed by atoms with Gasteiger partial charge in [-0.25, -0.2) is 9.78 Å². The maximum Gasteiger partial charge on any atom is 0.453 e. The average molecular weight is 572 g/mol. The van der Waals surface area contributed by atoms with E-state index >= 15 is 0 Å². The van der Waals surface area contributed by atoms with Crippen molar-refractivity contribution < 1.29 is 29.9 Å². The van der Waals surface area contributed by atoms with Gasteiger partial charge in [0.05, 0.1) is 30.9 Å². The second kappa shape index (κ2) is 14.1. The number of nitrogens with zero attached hydrogens (tertiary/aromatic N) is 7. The predicted molar refractivity (Wildman–Crippen MR) is 142 cm³/mol. The van der Waals surface area contributed by atoms with Crippen LogP contribution in [-0.4, -0.2) is 70.0 Å². The normalized spacial score (nSPS) is 11.3. The summed E-state index contributed by atoms with van der Waals surface area (Å²) in [7, 11) is 0. The zero-order valence-corrected chi connectivity index (χ0v) is 22.6. The highest BCUT2D eigenvalue weighted by Crippen LogP contribution is 2.30. The summed E-state index contributed by atoms with van der Waals surface area (Å²) < 4.78 is 7.03. The fourth-order valence-electron chi connectivity index (χ4n) is 4.09. The molecule has 0 amide bonds. The number of rotatable bonds is 13. The third kappa shape index (κ3) is 7.27. The second-order valence-corrected chi connectivity index (χ2v) is 9.17. The predicted octanol–water partition coefficient (Wildman–Crippen LogP) is 4.13. The van der Waals surface area contributed by atoms with E-state index in [0.717, 1.165) is 46.6 Å². The molecule has 14 heteroatoms. The molecule has 0 radical (unpaired) electrons. The van der Waals surface area contributed by atoms with E-state index in [9.17, 15) is 9.90 Å². The Kier molecular flexibility index (Phi) is 10.3. The van der Waals surface area contributed by atoms with Crippen molar-refractivity contribution in [2.75, 3.05) is 13.2 Å². The highest BCUT2D eigenvalue weighted by molar-refractivity contribution is 6.30. The first kappa shape index (κ1) is 29.3. The average Bonchev–Trinajstić information content (AvgIpc) is 3.56. The molecule has 13 nitrogen and oxygen atoms in total. The number of ether oxygens (including phenoxy) is 1. The van der Waals surface area contributed by atoms with Crippen molar-refractivity contribution in [1.29, 1.82) is 0 Å². The molecule has 2 heterocycles. The second-order valence-electron chi connectivity index (χ2n) is 8.81. The van der Waals surface area contributed by atoms with Gasteiger partial charge in [-0.15, -0.1) is 10.2 Å². The van der Waals surface area contributed by atoms with Crippen LogP contribution in [0.25, 0.3) is 22.5 Å². The molecule has 212 valence electrons. The van der Waals surface area contributed by atoms with Crippen LogP contribution in [0.3, 0.4) is 0 Å².